The van der Waals surface area contributed by atoms with Crippen molar-refractivity contribution in [2.75, 3.05) is 24.8 Å². The van der Waals surface area contributed by atoms with E-state index in [0.717, 1.165) is 0 Å². The highest BCUT2D eigenvalue weighted by atomic mass is 32.2. The van der Waals surface area contributed by atoms with Gasteiger partial charge in [-0.3, -0.25) is 4.79 Å². The normalized spacial score (nSPS) is 11.9. The van der Waals surface area contributed by atoms with Gasteiger partial charge in [0.15, 0.2) is 0 Å². The number of benzene rings is 1. The molecule has 0 aliphatic rings. The molecule has 2 N–H and O–H groups in total. The lowest BCUT2D eigenvalue weighted by atomic mass is 10.3. The first-order valence-corrected chi connectivity index (χ1v) is 6.40. The second-order valence-electron chi connectivity index (χ2n) is 3.43. The van der Waals surface area contributed by atoms with Crippen LogP contribution in [0.5, 0.6) is 5.75 Å². The van der Waals surface area contributed by atoms with E-state index in [1.807, 2.05) is 19.1 Å². The van der Waals surface area contributed by atoms with Crippen LogP contribution in [0.25, 0.3) is 0 Å². The average Bonchev–Trinajstić information content (AvgIpc) is 2.36. The largest absolute Gasteiger partial charge is 0.495 e. The van der Waals surface area contributed by atoms with Gasteiger partial charge in [-0.1, -0.05) is 12.1 Å². The van der Waals surface area contributed by atoms with Gasteiger partial charge in [-0.05, 0) is 19.1 Å². The standard InChI is InChI=1S/C12H17NO3S/c1-9(17-8-7-14)12(15)13-10-5-3-4-6-11(10)16-2/h3-6,9,14H,7-8H2,1-2H3,(H,13,15)/t9-/m1/s1. The van der Waals surface area contributed by atoms with Crippen LogP contribution >= 0.6 is 11.8 Å². The molecule has 0 aliphatic heterocycles. The van der Waals surface area contributed by atoms with Crippen molar-refractivity contribution < 1.29 is 14.6 Å². The predicted octanol–water partition coefficient (Wildman–Crippen LogP) is 1.75. The van der Waals surface area contributed by atoms with E-state index in [9.17, 15) is 4.79 Å². The number of methoxy groups -OCH3 is 1. The van der Waals surface area contributed by atoms with E-state index in [1.165, 1.54) is 11.8 Å². The molecule has 0 heterocycles. The van der Waals surface area contributed by atoms with Gasteiger partial charge in [0.25, 0.3) is 0 Å². The second-order valence-corrected chi connectivity index (χ2v) is 4.87. The minimum absolute atomic E-state index is 0.0803. The first-order valence-electron chi connectivity index (χ1n) is 5.35. The first kappa shape index (κ1) is 13.9. The third kappa shape index (κ3) is 4.28. The highest BCUT2D eigenvalue weighted by molar-refractivity contribution is 8.00. The molecule has 5 heteroatoms. The number of ether oxygens (including phenoxy) is 1. The molecule has 0 saturated carbocycles. The SMILES string of the molecule is COc1ccccc1NC(=O)[C@@H](C)SCCO. The Balaban J connectivity index is 2.61. The minimum atomic E-state index is -0.202. The molecule has 0 unspecified atom stereocenters. The average molecular weight is 255 g/mol. The van der Waals surface area contributed by atoms with E-state index >= 15 is 0 Å². The van der Waals surface area contributed by atoms with Crippen molar-refractivity contribution in [3.8, 4) is 5.75 Å². The number of amides is 1. The van der Waals surface area contributed by atoms with Gasteiger partial charge in [0.2, 0.25) is 5.91 Å². The number of carbonyl (C=O) groups excluding carboxylic acids is 1. The van der Waals surface area contributed by atoms with Crippen molar-refractivity contribution in [2.24, 2.45) is 0 Å². The molecule has 1 atom stereocenters. The van der Waals surface area contributed by atoms with Crippen LogP contribution in [0.4, 0.5) is 5.69 Å². The molecular formula is C12H17NO3S. The van der Waals surface area contributed by atoms with Crippen molar-refractivity contribution in [1.29, 1.82) is 0 Å². The number of hydrogen-bond donors (Lipinski definition) is 2. The number of hydrogen-bond acceptors (Lipinski definition) is 4. The number of anilines is 1. The van der Waals surface area contributed by atoms with Gasteiger partial charge in [-0.15, -0.1) is 11.8 Å². The van der Waals surface area contributed by atoms with E-state index in [0.29, 0.717) is 17.2 Å². The summed E-state index contributed by atoms with van der Waals surface area (Å²) in [6, 6.07) is 7.27. The van der Waals surface area contributed by atoms with Crippen molar-refractivity contribution in [3.63, 3.8) is 0 Å². The maximum Gasteiger partial charge on any atom is 0.237 e. The fraction of sp³-hybridized carbons (Fsp3) is 0.417. The lowest BCUT2D eigenvalue weighted by Gasteiger charge is -2.13. The summed E-state index contributed by atoms with van der Waals surface area (Å²) in [5.41, 5.74) is 0.663. The van der Waals surface area contributed by atoms with Gasteiger partial charge in [-0.2, -0.15) is 0 Å². The van der Waals surface area contributed by atoms with E-state index in [1.54, 1.807) is 19.2 Å². The molecule has 1 aromatic carbocycles. The summed E-state index contributed by atoms with van der Waals surface area (Å²) >= 11 is 1.41. The Labute approximate surface area is 105 Å². The van der Waals surface area contributed by atoms with Gasteiger partial charge in [0.05, 0.1) is 24.7 Å². The van der Waals surface area contributed by atoms with Crippen LogP contribution in [0.2, 0.25) is 0 Å². The van der Waals surface area contributed by atoms with Crippen molar-refractivity contribution in [2.45, 2.75) is 12.2 Å². The molecule has 0 radical (unpaired) electrons. The minimum Gasteiger partial charge on any atom is -0.495 e. The Morgan fingerprint density at radius 1 is 1.53 bits per heavy atom. The molecule has 0 aliphatic carbocycles. The summed E-state index contributed by atoms with van der Waals surface area (Å²) in [6.07, 6.45) is 0. The molecule has 0 spiro atoms. The fourth-order valence-electron chi connectivity index (χ4n) is 1.29. The lowest BCUT2D eigenvalue weighted by molar-refractivity contribution is -0.115. The zero-order valence-corrected chi connectivity index (χ0v) is 10.8. The van der Waals surface area contributed by atoms with E-state index < -0.39 is 0 Å². The van der Waals surface area contributed by atoms with Crippen molar-refractivity contribution in [3.05, 3.63) is 24.3 Å². The van der Waals surface area contributed by atoms with E-state index in [4.69, 9.17) is 9.84 Å². The second kappa shape index (κ2) is 7.19. The molecule has 17 heavy (non-hydrogen) atoms. The maximum atomic E-state index is 11.8. The molecule has 0 saturated heterocycles. The summed E-state index contributed by atoms with van der Waals surface area (Å²) < 4.78 is 5.15. The Bertz CT molecular complexity index is 371. The Morgan fingerprint density at radius 2 is 2.24 bits per heavy atom. The molecule has 1 rings (SSSR count). The number of aliphatic hydroxyl groups is 1. The summed E-state index contributed by atoms with van der Waals surface area (Å²) in [5, 5.41) is 11.3. The highest BCUT2D eigenvalue weighted by Crippen LogP contribution is 2.24. The molecule has 94 valence electrons. The van der Waals surface area contributed by atoms with Crippen molar-refractivity contribution in [1.82, 2.24) is 0 Å². The van der Waals surface area contributed by atoms with Crippen LogP contribution in [-0.4, -0.2) is 35.7 Å². The summed E-state index contributed by atoms with van der Waals surface area (Å²) in [5.74, 6) is 1.11. The van der Waals surface area contributed by atoms with Crippen LogP contribution in [0.3, 0.4) is 0 Å². The van der Waals surface area contributed by atoms with Crippen LogP contribution in [0.15, 0.2) is 24.3 Å². The van der Waals surface area contributed by atoms with Gasteiger partial charge in [0, 0.05) is 5.75 Å². The van der Waals surface area contributed by atoms with Crippen LogP contribution in [-0.2, 0) is 4.79 Å². The molecule has 4 nitrogen and oxygen atoms in total. The quantitative estimate of drug-likeness (QED) is 0.813. The number of para-hydroxylation sites is 2. The number of carbonyl (C=O) groups is 1. The first-order chi connectivity index (χ1) is 8.19. The maximum absolute atomic E-state index is 11.8. The molecule has 1 amide bonds. The Kier molecular flexibility index (Phi) is 5.86. The summed E-state index contributed by atoms with van der Waals surface area (Å²) in [6.45, 7) is 1.89. The monoisotopic (exact) mass is 255 g/mol. The zero-order chi connectivity index (χ0) is 12.7. The zero-order valence-electron chi connectivity index (χ0n) is 9.97. The number of thioether (sulfide) groups is 1. The molecule has 0 aromatic heterocycles. The third-order valence-corrected chi connectivity index (χ3v) is 3.33. The molecule has 1 aromatic rings. The lowest BCUT2D eigenvalue weighted by Crippen LogP contribution is -2.23. The number of aliphatic hydroxyl groups excluding tert-OH is 1. The Hall–Kier alpha value is -1.20. The Morgan fingerprint density at radius 3 is 2.88 bits per heavy atom. The van der Waals surface area contributed by atoms with Crippen molar-refractivity contribution >= 4 is 23.4 Å². The summed E-state index contributed by atoms with van der Waals surface area (Å²) in [4.78, 5) is 11.8. The molecule has 0 bridgehead atoms. The van der Waals surface area contributed by atoms with Crippen LogP contribution in [0, 0.1) is 0 Å². The predicted molar refractivity (Wildman–Crippen MR) is 70.6 cm³/mol. The number of rotatable bonds is 6. The fourth-order valence-corrected chi connectivity index (χ4v) is 1.96. The molecular weight excluding hydrogens is 238 g/mol. The van der Waals surface area contributed by atoms with Crippen LogP contribution < -0.4 is 10.1 Å². The third-order valence-electron chi connectivity index (χ3n) is 2.19. The smallest absolute Gasteiger partial charge is 0.237 e. The van der Waals surface area contributed by atoms with Gasteiger partial charge < -0.3 is 15.2 Å². The van der Waals surface area contributed by atoms with E-state index in [-0.39, 0.29) is 17.8 Å². The van der Waals surface area contributed by atoms with E-state index in [2.05, 4.69) is 5.32 Å². The van der Waals surface area contributed by atoms with Gasteiger partial charge in [-0.25, -0.2) is 0 Å². The van der Waals surface area contributed by atoms with Gasteiger partial charge in [0.1, 0.15) is 5.75 Å². The number of nitrogens with one attached hydrogen (secondary N) is 1. The topological polar surface area (TPSA) is 58.6 Å². The summed E-state index contributed by atoms with van der Waals surface area (Å²) in [7, 11) is 1.56. The highest BCUT2D eigenvalue weighted by Gasteiger charge is 2.14. The van der Waals surface area contributed by atoms with Gasteiger partial charge >= 0.3 is 0 Å². The van der Waals surface area contributed by atoms with Crippen LogP contribution in [0.1, 0.15) is 6.92 Å². The molecule has 0 fully saturated rings.